The summed E-state index contributed by atoms with van der Waals surface area (Å²) in [5.74, 6) is -0.926. The van der Waals surface area contributed by atoms with E-state index in [1.54, 1.807) is 36.4 Å². The first kappa shape index (κ1) is 22.5. The van der Waals surface area contributed by atoms with Crippen molar-refractivity contribution in [3.05, 3.63) is 83.4 Å². The lowest BCUT2D eigenvalue weighted by Crippen LogP contribution is -2.10. The van der Waals surface area contributed by atoms with E-state index in [4.69, 9.17) is 0 Å². The molecule has 0 aliphatic carbocycles. The third kappa shape index (κ3) is 5.23. The summed E-state index contributed by atoms with van der Waals surface area (Å²) in [5.41, 5.74) is 2.07. The van der Waals surface area contributed by atoms with Crippen molar-refractivity contribution in [3.8, 4) is 11.1 Å². The molecule has 0 aliphatic heterocycles. The molecule has 0 atom stereocenters. The Kier molecular flexibility index (Phi) is 5.71. The fourth-order valence-electron chi connectivity index (χ4n) is 3.34. The van der Waals surface area contributed by atoms with Crippen molar-refractivity contribution >= 4 is 38.9 Å². The van der Waals surface area contributed by atoms with Crippen LogP contribution in [0.1, 0.15) is 17.0 Å². The molecule has 0 unspecified atom stereocenters. The minimum Gasteiger partial charge on any atom is -0.338 e. The number of aromatic nitrogens is 2. The van der Waals surface area contributed by atoms with Gasteiger partial charge in [-0.15, -0.1) is 0 Å². The highest BCUT2D eigenvalue weighted by molar-refractivity contribution is 7.92. The highest BCUT2D eigenvalue weighted by Crippen LogP contribution is 2.32. The number of H-pyrrole nitrogens is 1. The van der Waals surface area contributed by atoms with Crippen molar-refractivity contribution < 1.29 is 26.0 Å². The number of aromatic amines is 1. The molecule has 0 bridgehead atoms. The predicted molar refractivity (Wildman–Crippen MR) is 120 cm³/mol. The molecule has 0 saturated carbocycles. The Morgan fingerprint density at radius 1 is 1.00 bits per heavy atom. The average Bonchev–Trinajstić information content (AvgIpc) is 3.13. The van der Waals surface area contributed by atoms with Crippen LogP contribution in [0.2, 0.25) is 0 Å². The molecule has 4 aromatic rings. The topological polar surface area (TPSA) is 74.8 Å². The van der Waals surface area contributed by atoms with Gasteiger partial charge >= 0.3 is 6.18 Å². The third-order valence-electron chi connectivity index (χ3n) is 4.77. The van der Waals surface area contributed by atoms with Crippen molar-refractivity contribution in [2.75, 3.05) is 11.0 Å². The second kappa shape index (κ2) is 8.36. The molecule has 33 heavy (non-hydrogen) atoms. The van der Waals surface area contributed by atoms with E-state index in [2.05, 4.69) is 14.7 Å². The van der Waals surface area contributed by atoms with Crippen LogP contribution in [-0.4, -0.2) is 24.6 Å². The Morgan fingerprint density at radius 2 is 1.76 bits per heavy atom. The van der Waals surface area contributed by atoms with Crippen molar-refractivity contribution in [3.63, 3.8) is 0 Å². The second-order valence-electron chi connectivity index (χ2n) is 7.34. The molecule has 10 heteroatoms. The number of nitrogens with one attached hydrogen (secondary N) is 2. The quantitative estimate of drug-likeness (QED) is 0.352. The van der Waals surface area contributed by atoms with Crippen LogP contribution in [0.5, 0.6) is 0 Å². The van der Waals surface area contributed by atoms with Gasteiger partial charge in [0.15, 0.2) is 0 Å². The van der Waals surface area contributed by atoms with E-state index in [0.29, 0.717) is 34.2 Å². The number of imidazole rings is 1. The first-order valence-corrected chi connectivity index (χ1v) is 11.5. The molecule has 2 N–H and O–H groups in total. The summed E-state index contributed by atoms with van der Waals surface area (Å²) in [7, 11) is -3.46. The molecule has 0 aliphatic rings. The fourth-order valence-corrected chi connectivity index (χ4v) is 3.91. The fraction of sp³-hybridized carbons (Fsp3) is 0.0870. The third-order valence-corrected chi connectivity index (χ3v) is 5.36. The lowest BCUT2D eigenvalue weighted by atomic mass is 10.0. The smallest absolute Gasteiger partial charge is 0.338 e. The van der Waals surface area contributed by atoms with Crippen molar-refractivity contribution in [2.45, 2.75) is 6.18 Å². The van der Waals surface area contributed by atoms with Crippen LogP contribution in [-0.2, 0) is 16.2 Å². The summed E-state index contributed by atoms with van der Waals surface area (Å²) in [6.07, 6.45) is -0.700. The maximum Gasteiger partial charge on any atom is 0.419 e. The van der Waals surface area contributed by atoms with Gasteiger partial charge in [0.1, 0.15) is 11.6 Å². The van der Waals surface area contributed by atoms with E-state index in [9.17, 15) is 26.0 Å². The second-order valence-corrected chi connectivity index (χ2v) is 9.09. The maximum absolute atomic E-state index is 13.8. The molecule has 0 saturated heterocycles. The largest absolute Gasteiger partial charge is 0.419 e. The molecule has 0 amide bonds. The molecular formula is C23H17F4N3O2S. The number of rotatable bonds is 5. The van der Waals surface area contributed by atoms with Gasteiger partial charge in [0.2, 0.25) is 10.0 Å². The molecule has 0 spiro atoms. The van der Waals surface area contributed by atoms with Crippen LogP contribution in [0.25, 0.3) is 34.3 Å². The number of hydrogen-bond acceptors (Lipinski definition) is 3. The molecule has 4 rings (SSSR count). The van der Waals surface area contributed by atoms with Crippen LogP contribution in [0.15, 0.2) is 60.7 Å². The Bertz CT molecular complexity index is 1470. The van der Waals surface area contributed by atoms with E-state index in [-0.39, 0.29) is 5.56 Å². The van der Waals surface area contributed by atoms with Crippen LogP contribution in [0, 0.1) is 5.82 Å². The first-order valence-electron chi connectivity index (χ1n) is 9.61. The summed E-state index contributed by atoms with van der Waals surface area (Å²) < 4.78 is 77.7. The Hall–Kier alpha value is -3.66. The highest BCUT2D eigenvalue weighted by Gasteiger charge is 2.33. The van der Waals surface area contributed by atoms with Crippen LogP contribution >= 0.6 is 0 Å². The van der Waals surface area contributed by atoms with Gasteiger partial charge in [-0.3, -0.25) is 4.72 Å². The molecule has 1 aromatic heterocycles. The summed E-state index contributed by atoms with van der Waals surface area (Å²) in [6.45, 7) is 0. The molecule has 5 nitrogen and oxygen atoms in total. The summed E-state index contributed by atoms with van der Waals surface area (Å²) >= 11 is 0. The molecule has 1 heterocycles. The van der Waals surface area contributed by atoms with Crippen molar-refractivity contribution in [2.24, 2.45) is 0 Å². The number of fused-ring (bicyclic) bond motifs is 1. The maximum atomic E-state index is 13.8. The number of hydrogen-bond donors (Lipinski definition) is 2. The molecule has 0 fully saturated rings. The zero-order chi connectivity index (χ0) is 23.8. The molecular weight excluding hydrogens is 458 g/mol. The number of sulfonamides is 1. The molecule has 3 aromatic carbocycles. The number of halogens is 4. The van der Waals surface area contributed by atoms with Gasteiger partial charge in [-0.25, -0.2) is 17.8 Å². The van der Waals surface area contributed by atoms with Gasteiger partial charge < -0.3 is 4.98 Å². The Labute approximate surface area is 186 Å². The van der Waals surface area contributed by atoms with Gasteiger partial charge in [-0.2, -0.15) is 13.2 Å². The van der Waals surface area contributed by atoms with Crippen molar-refractivity contribution in [1.82, 2.24) is 9.97 Å². The standard InChI is InChI=1S/C23H17F4N3O2S/c1-33(31,32)30-19-5-3-2-4-16(19)15-8-10-20-21(13-15)29-22(28-20)11-7-14-6-9-17(18(24)12-14)23(25,26)27/h2-13,30H,1H3,(H,28,29). The van der Waals surface area contributed by atoms with Crippen LogP contribution in [0.4, 0.5) is 23.2 Å². The van der Waals surface area contributed by atoms with Crippen LogP contribution in [0.3, 0.4) is 0 Å². The van der Waals surface area contributed by atoms with E-state index in [1.165, 1.54) is 18.2 Å². The average molecular weight is 475 g/mol. The first-order chi connectivity index (χ1) is 15.5. The molecule has 0 radical (unpaired) electrons. The minimum absolute atomic E-state index is 0.252. The number of para-hydroxylation sites is 1. The predicted octanol–water partition coefficient (Wildman–Crippen LogP) is 5.93. The summed E-state index contributed by atoms with van der Waals surface area (Å²) in [6, 6.07) is 15.0. The van der Waals surface area contributed by atoms with Crippen LogP contribution < -0.4 is 4.72 Å². The minimum atomic E-state index is -4.75. The number of alkyl halides is 3. The van der Waals surface area contributed by atoms with Gasteiger partial charge in [-0.05, 0) is 47.5 Å². The van der Waals surface area contributed by atoms with E-state index < -0.39 is 27.6 Å². The number of anilines is 1. The zero-order valence-corrected chi connectivity index (χ0v) is 17.9. The van der Waals surface area contributed by atoms with Crippen molar-refractivity contribution in [1.29, 1.82) is 0 Å². The van der Waals surface area contributed by atoms with Gasteiger partial charge in [-0.1, -0.05) is 36.4 Å². The monoisotopic (exact) mass is 475 g/mol. The Balaban J connectivity index is 1.63. The highest BCUT2D eigenvalue weighted by atomic mass is 32.2. The van der Waals surface area contributed by atoms with E-state index >= 15 is 0 Å². The summed E-state index contributed by atoms with van der Waals surface area (Å²) in [4.78, 5) is 7.51. The molecule has 170 valence electrons. The SMILES string of the molecule is CS(=O)(=O)Nc1ccccc1-c1ccc2[nH]c(C=Cc3ccc(C(F)(F)F)c(F)c3)nc2c1. The van der Waals surface area contributed by atoms with Gasteiger partial charge in [0, 0.05) is 5.56 Å². The summed E-state index contributed by atoms with van der Waals surface area (Å²) in [5, 5.41) is 0. The number of benzene rings is 3. The number of nitrogens with zero attached hydrogens (tertiary/aromatic N) is 1. The van der Waals surface area contributed by atoms with Gasteiger partial charge in [0.05, 0.1) is 28.5 Å². The van der Waals surface area contributed by atoms with Gasteiger partial charge in [0.25, 0.3) is 0 Å². The van der Waals surface area contributed by atoms with E-state index in [0.717, 1.165) is 17.9 Å². The van der Waals surface area contributed by atoms with E-state index in [1.807, 2.05) is 6.07 Å². The lowest BCUT2D eigenvalue weighted by molar-refractivity contribution is -0.140. The lowest BCUT2D eigenvalue weighted by Gasteiger charge is -2.10. The normalized spacial score (nSPS) is 12.5. The Morgan fingerprint density at radius 3 is 2.45 bits per heavy atom. The zero-order valence-electron chi connectivity index (χ0n) is 17.1.